The highest BCUT2D eigenvalue weighted by atomic mass is 16.5. The van der Waals surface area contributed by atoms with Crippen molar-refractivity contribution in [3.05, 3.63) is 91.1 Å². The van der Waals surface area contributed by atoms with Crippen molar-refractivity contribution in [2.75, 3.05) is 16.8 Å². The van der Waals surface area contributed by atoms with E-state index in [-0.39, 0.29) is 0 Å². The third-order valence-corrected chi connectivity index (χ3v) is 4.30. The SMILES string of the molecule is CCN(c1ccccc1)c1cnnc(Nc2ccc(Oc3ccccc3)cc2)n1. The van der Waals surface area contributed by atoms with E-state index in [9.17, 15) is 0 Å². The molecule has 0 aliphatic carbocycles. The van der Waals surface area contributed by atoms with Crippen molar-refractivity contribution in [2.45, 2.75) is 6.92 Å². The quantitative estimate of drug-likeness (QED) is 0.450. The summed E-state index contributed by atoms with van der Waals surface area (Å²) in [5.74, 6) is 2.73. The van der Waals surface area contributed by atoms with Crippen molar-refractivity contribution in [1.29, 1.82) is 0 Å². The molecule has 1 heterocycles. The zero-order valence-electron chi connectivity index (χ0n) is 16.1. The first kappa shape index (κ1) is 18.4. The summed E-state index contributed by atoms with van der Waals surface area (Å²) in [7, 11) is 0. The molecule has 0 saturated carbocycles. The van der Waals surface area contributed by atoms with Gasteiger partial charge in [-0.25, -0.2) is 0 Å². The molecule has 4 aromatic rings. The number of para-hydroxylation sites is 2. The molecule has 29 heavy (non-hydrogen) atoms. The normalized spacial score (nSPS) is 10.4. The first-order chi connectivity index (χ1) is 14.3. The van der Waals surface area contributed by atoms with Gasteiger partial charge in [0.1, 0.15) is 11.5 Å². The highest BCUT2D eigenvalue weighted by Crippen LogP contribution is 2.25. The molecule has 3 aromatic carbocycles. The summed E-state index contributed by atoms with van der Waals surface area (Å²) >= 11 is 0. The second-order valence-corrected chi connectivity index (χ2v) is 6.28. The van der Waals surface area contributed by atoms with Crippen LogP contribution in [-0.2, 0) is 0 Å². The molecule has 6 nitrogen and oxygen atoms in total. The van der Waals surface area contributed by atoms with Crippen LogP contribution in [0.2, 0.25) is 0 Å². The van der Waals surface area contributed by atoms with Crippen molar-refractivity contribution < 1.29 is 4.74 Å². The van der Waals surface area contributed by atoms with E-state index in [1.807, 2.05) is 84.9 Å². The molecule has 0 bridgehead atoms. The average Bonchev–Trinajstić information content (AvgIpc) is 2.78. The maximum absolute atomic E-state index is 5.82. The number of hydrogen-bond donors (Lipinski definition) is 1. The lowest BCUT2D eigenvalue weighted by atomic mass is 10.3. The number of aromatic nitrogens is 3. The molecule has 0 aliphatic rings. The van der Waals surface area contributed by atoms with Gasteiger partial charge in [0.05, 0.1) is 6.20 Å². The van der Waals surface area contributed by atoms with E-state index >= 15 is 0 Å². The fraction of sp³-hybridized carbons (Fsp3) is 0.0870. The van der Waals surface area contributed by atoms with Crippen LogP contribution in [0.25, 0.3) is 0 Å². The maximum Gasteiger partial charge on any atom is 0.249 e. The zero-order valence-corrected chi connectivity index (χ0v) is 16.1. The number of hydrogen-bond acceptors (Lipinski definition) is 6. The minimum Gasteiger partial charge on any atom is -0.457 e. The van der Waals surface area contributed by atoms with Crippen molar-refractivity contribution >= 4 is 23.1 Å². The summed E-state index contributed by atoms with van der Waals surface area (Å²) in [4.78, 5) is 6.70. The number of nitrogens with zero attached hydrogens (tertiary/aromatic N) is 4. The van der Waals surface area contributed by atoms with Crippen LogP contribution in [0.5, 0.6) is 11.5 Å². The van der Waals surface area contributed by atoms with Crippen LogP contribution in [-0.4, -0.2) is 21.7 Å². The first-order valence-electron chi connectivity index (χ1n) is 9.44. The van der Waals surface area contributed by atoms with Gasteiger partial charge in [-0.15, -0.1) is 5.10 Å². The summed E-state index contributed by atoms with van der Waals surface area (Å²) < 4.78 is 5.82. The molecule has 0 amide bonds. The van der Waals surface area contributed by atoms with Crippen LogP contribution in [0, 0.1) is 0 Å². The Bertz CT molecular complexity index is 1040. The number of anilines is 4. The molecule has 0 radical (unpaired) electrons. The lowest BCUT2D eigenvalue weighted by Crippen LogP contribution is -2.18. The van der Waals surface area contributed by atoms with Gasteiger partial charge in [-0.05, 0) is 55.5 Å². The number of benzene rings is 3. The van der Waals surface area contributed by atoms with Crippen LogP contribution < -0.4 is 15.0 Å². The van der Waals surface area contributed by atoms with Crippen LogP contribution in [0.1, 0.15) is 6.92 Å². The summed E-state index contributed by atoms with van der Waals surface area (Å²) in [6.07, 6.45) is 1.67. The molecule has 144 valence electrons. The van der Waals surface area contributed by atoms with Crippen LogP contribution in [0.4, 0.5) is 23.1 Å². The summed E-state index contributed by atoms with van der Waals surface area (Å²) in [5.41, 5.74) is 1.91. The van der Waals surface area contributed by atoms with Crippen molar-refractivity contribution in [2.24, 2.45) is 0 Å². The van der Waals surface area contributed by atoms with Crippen LogP contribution in [0.15, 0.2) is 91.1 Å². The summed E-state index contributed by atoms with van der Waals surface area (Å²) in [6, 6.07) is 27.4. The second-order valence-electron chi connectivity index (χ2n) is 6.28. The molecule has 0 spiro atoms. The molecule has 0 aliphatic heterocycles. The molecule has 6 heteroatoms. The lowest BCUT2D eigenvalue weighted by molar-refractivity contribution is 0.483. The van der Waals surface area contributed by atoms with Gasteiger partial charge in [0.25, 0.3) is 0 Å². The van der Waals surface area contributed by atoms with E-state index < -0.39 is 0 Å². The summed E-state index contributed by atoms with van der Waals surface area (Å²) in [6.45, 7) is 2.85. The van der Waals surface area contributed by atoms with Gasteiger partial charge >= 0.3 is 0 Å². The largest absolute Gasteiger partial charge is 0.457 e. The molecular weight excluding hydrogens is 362 g/mol. The van der Waals surface area contributed by atoms with Gasteiger partial charge in [-0.1, -0.05) is 36.4 Å². The standard InChI is InChI=1S/C23H21N5O/c1-2-28(19-9-5-3-6-10-19)22-17-24-27-23(26-22)25-18-13-15-21(16-14-18)29-20-11-7-4-8-12-20/h3-17H,2H2,1H3,(H,25,26,27). The monoisotopic (exact) mass is 383 g/mol. The van der Waals surface area contributed by atoms with Gasteiger partial charge in [0.2, 0.25) is 5.95 Å². The Hall–Kier alpha value is -3.93. The highest BCUT2D eigenvalue weighted by molar-refractivity contribution is 5.61. The molecule has 4 rings (SSSR count). The Balaban J connectivity index is 1.48. The van der Waals surface area contributed by atoms with Crippen LogP contribution in [0.3, 0.4) is 0 Å². The maximum atomic E-state index is 5.82. The van der Waals surface area contributed by atoms with E-state index in [0.717, 1.165) is 35.2 Å². The molecular formula is C23H21N5O. The molecule has 0 saturated heterocycles. The van der Waals surface area contributed by atoms with Gasteiger partial charge in [0.15, 0.2) is 5.82 Å². The number of nitrogens with one attached hydrogen (secondary N) is 1. The van der Waals surface area contributed by atoms with Gasteiger partial charge < -0.3 is 15.0 Å². The van der Waals surface area contributed by atoms with Crippen molar-refractivity contribution in [1.82, 2.24) is 15.2 Å². The molecule has 0 atom stereocenters. The minimum absolute atomic E-state index is 0.439. The van der Waals surface area contributed by atoms with Crippen molar-refractivity contribution in [3.8, 4) is 11.5 Å². The third kappa shape index (κ3) is 4.68. The third-order valence-electron chi connectivity index (χ3n) is 4.30. The fourth-order valence-electron chi connectivity index (χ4n) is 2.92. The minimum atomic E-state index is 0.439. The lowest BCUT2D eigenvalue weighted by Gasteiger charge is -2.21. The Morgan fingerprint density at radius 3 is 2.17 bits per heavy atom. The van der Waals surface area contributed by atoms with E-state index in [1.54, 1.807) is 6.20 Å². The smallest absolute Gasteiger partial charge is 0.249 e. The molecule has 1 aromatic heterocycles. The van der Waals surface area contributed by atoms with Crippen molar-refractivity contribution in [3.63, 3.8) is 0 Å². The number of ether oxygens (including phenoxy) is 1. The van der Waals surface area contributed by atoms with Crippen LogP contribution >= 0.6 is 0 Å². The Morgan fingerprint density at radius 2 is 1.48 bits per heavy atom. The second kappa shape index (κ2) is 8.84. The Kier molecular flexibility index (Phi) is 5.62. The Labute approximate surface area is 169 Å². The van der Waals surface area contributed by atoms with E-state index in [0.29, 0.717) is 5.95 Å². The van der Waals surface area contributed by atoms with E-state index in [4.69, 9.17) is 4.74 Å². The highest BCUT2D eigenvalue weighted by Gasteiger charge is 2.10. The predicted octanol–water partition coefficient (Wildman–Crippen LogP) is 5.57. The average molecular weight is 383 g/mol. The molecule has 1 N–H and O–H groups in total. The number of rotatable bonds is 7. The molecule has 0 unspecified atom stereocenters. The summed E-state index contributed by atoms with van der Waals surface area (Å²) in [5, 5.41) is 11.4. The zero-order chi connectivity index (χ0) is 19.9. The fourth-order valence-corrected chi connectivity index (χ4v) is 2.92. The topological polar surface area (TPSA) is 63.2 Å². The van der Waals surface area contributed by atoms with Gasteiger partial charge in [-0.2, -0.15) is 10.1 Å². The first-order valence-corrected chi connectivity index (χ1v) is 9.44. The van der Waals surface area contributed by atoms with Gasteiger partial charge in [-0.3, -0.25) is 0 Å². The predicted molar refractivity (Wildman–Crippen MR) is 115 cm³/mol. The molecule has 0 fully saturated rings. The Morgan fingerprint density at radius 1 is 0.828 bits per heavy atom. The van der Waals surface area contributed by atoms with E-state index in [2.05, 4.69) is 32.3 Å². The van der Waals surface area contributed by atoms with E-state index in [1.165, 1.54) is 0 Å². The van der Waals surface area contributed by atoms with Gasteiger partial charge in [0, 0.05) is 17.9 Å².